The van der Waals surface area contributed by atoms with Crippen molar-refractivity contribution in [2.45, 2.75) is 31.3 Å². The van der Waals surface area contributed by atoms with Crippen LogP contribution < -0.4 is 0 Å². The summed E-state index contributed by atoms with van der Waals surface area (Å²) in [5.41, 5.74) is 0. The third-order valence-corrected chi connectivity index (χ3v) is 2.95. The van der Waals surface area contributed by atoms with Gasteiger partial charge in [-0.3, -0.25) is 4.79 Å². The number of carboxylic acid groups (broad SMARTS) is 1. The first-order valence-corrected chi connectivity index (χ1v) is 5.74. The van der Waals surface area contributed by atoms with Gasteiger partial charge in [0, 0.05) is 18.7 Å². The Morgan fingerprint density at radius 2 is 2.20 bits per heavy atom. The first-order chi connectivity index (χ1) is 7.02. The molecule has 0 aliphatic heterocycles. The number of carbonyl (C=O) groups is 1. The fraction of sp³-hybridized carbons (Fsp3) is 0.667. The lowest BCUT2D eigenvalue weighted by Crippen LogP contribution is -2.02. The highest BCUT2D eigenvalue weighted by molar-refractivity contribution is 7.99. The summed E-state index contributed by atoms with van der Waals surface area (Å²) in [4.78, 5) is 10.3. The summed E-state index contributed by atoms with van der Waals surface area (Å²) in [6.07, 6.45) is 0.147. The molecular formula is C9H15N3O2S. The van der Waals surface area contributed by atoms with Crippen molar-refractivity contribution in [2.75, 3.05) is 5.75 Å². The van der Waals surface area contributed by atoms with Crippen molar-refractivity contribution in [1.82, 2.24) is 14.8 Å². The maximum atomic E-state index is 10.3. The highest BCUT2D eigenvalue weighted by Crippen LogP contribution is 2.19. The van der Waals surface area contributed by atoms with Crippen molar-refractivity contribution in [3.8, 4) is 0 Å². The van der Waals surface area contributed by atoms with Crippen LogP contribution in [-0.2, 0) is 11.8 Å². The van der Waals surface area contributed by atoms with Crippen molar-refractivity contribution in [3.63, 3.8) is 0 Å². The van der Waals surface area contributed by atoms with E-state index in [4.69, 9.17) is 5.11 Å². The zero-order chi connectivity index (χ0) is 11.4. The molecule has 0 aliphatic carbocycles. The standard InChI is InChI=1S/C9H15N3O2S/c1-6(2)8-10-11-9(12(8)3)15-5-4-7(13)14/h6H,4-5H2,1-3H3,(H,13,14). The molecule has 0 bridgehead atoms. The minimum Gasteiger partial charge on any atom is -0.481 e. The molecule has 1 heterocycles. The SMILES string of the molecule is CC(C)c1nnc(SCCC(=O)O)n1C. The smallest absolute Gasteiger partial charge is 0.304 e. The summed E-state index contributed by atoms with van der Waals surface area (Å²) >= 11 is 1.42. The van der Waals surface area contributed by atoms with E-state index in [1.165, 1.54) is 11.8 Å². The molecule has 6 heteroatoms. The lowest BCUT2D eigenvalue weighted by Gasteiger charge is -2.04. The van der Waals surface area contributed by atoms with Crippen LogP contribution in [-0.4, -0.2) is 31.6 Å². The molecule has 0 amide bonds. The highest BCUT2D eigenvalue weighted by Gasteiger charge is 2.12. The minimum absolute atomic E-state index is 0.147. The Kier molecular flexibility index (Phi) is 4.14. The van der Waals surface area contributed by atoms with Gasteiger partial charge in [-0.05, 0) is 0 Å². The van der Waals surface area contributed by atoms with Gasteiger partial charge in [-0.2, -0.15) is 0 Å². The zero-order valence-electron chi connectivity index (χ0n) is 9.10. The van der Waals surface area contributed by atoms with E-state index in [9.17, 15) is 4.79 Å². The van der Waals surface area contributed by atoms with Gasteiger partial charge in [-0.1, -0.05) is 25.6 Å². The number of thioether (sulfide) groups is 1. The monoisotopic (exact) mass is 229 g/mol. The molecule has 1 rings (SSSR count). The van der Waals surface area contributed by atoms with Gasteiger partial charge in [-0.15, -0.1) is 10.2 Å². The van der Waals surface area contributed by atoms with Crippen LogP contribution in [0.25, 0.3) is 0 Å². The largest absolute Gasteiger partial charge is 0.481 e. The predicted octanol–water partition coefficient (Wildman–Crippen LogP) is 1.51. The molecule has 0 spiro atoms. The molecule has 1 N–H and O–H groups in total. The average Bonchev–Trinajstić information content (AvgIpc) is 2.47. The maximum Gasteiger partial charge on any atom is 0.304 e. The summed E-state index contributed by atoms with van der Waals surface area (Å²) in [7, 11) is 1.90. The minimum atomic E-state index is -0.784. The van der Waals surface area contributed by atoms with E-state index in [1.807, 2.05) is 11.6 Å². The lowest BCUT2D eigenvalue weighted by molar-refractivity contribution is -0.136. The van der Waals surface area contributed by atoms with Gasteiger partial charge in [0.2, 0.25) is 0 Å². The van der Waals surface area contributed by atoms with Gasteiger partial charge in [-0.25, -0.2) is 0 Å². The van der Waals surface area contributed by atoms with Crippen molar-refractivity contribution in [2.24, 2.45) is 7.05 Å². The van der Waals surface area contributed by atoms with E-state index in [0.29, 0.717) is 11.7 Å². The zero-order valence-corrected chi connectivity index (χ0v) is 9.91. The lowest BCUT2D eigenvalue weighted by atomic mass is 10.2. The van der Waals surface area contributed by atoms with E-state index >= 15 is 0 Å². The summed E-state index contributed by atoms with van der Waals surface area (Å²) in [6, 6.07) is 0. The van der Waals surface area contributed by atoms with Crippen LogP contribution in [0.3, 0.4) is 0 Å². The summed E-state index contributed by atoms with van der Waals surface area (Å²) in [6.45, 7) is 4.10. The van der Waals surface area contributed by atoms with Gasteiger partial charge in [0.1, 0.15) is 5.82 Å². The number of aromatic nitrogens is 3. The number of rotatable bonds is 5. The topological polar surface area (TPSA) is 68.0 Å². The Morgan fingerprint density at radius 1 is 1.53 bits per heavy atom. The summed E-state index contributed by atoms with van der Waals surface area (Å²) in [5, 5.41) is 17.4. The third kappa shape index (κ3) is 3.23. The molecule has 0 atom stereocenters. The molecule has 0 aromatic carbocycles. The van der Waals surface area contributed by atoms with E-state index in [2.05, 4.69) is 24.0 Å². The highest BCUT2D eigenvalue weighted by atomic mass is 32.2. The first kappa shape index (κ1) is 12.0. The Morgan fingerprint density at radius 3 is 2.67 bits per heavy atom. The average molecular weight is 229 g/mol. The molecule has 0 aliphatic rings. The molecule has 84 valence electrons. The molecule has 0 fully saturated rings. The van der Waals surface area contributed by atoms with E-state index in [0.717, 1.165) is 11.0 Å². The van der Waals surface area contributed by atoms with Crippen LogP contribution in [0.15, 0.2) is 5.16 Å². The second-order valence-electron chi connectivity index (χ2n) is 3.55. The van der Waals surface area contributed by atoms with E-state index in [-0.39, 0.29) is 6.42 Å². The second kappa shape index (κ2) is 5.16. The molecule has 0 saturated heterocycles. The normalized spacial score (nSPS) is 10.9. The third-order valence-electron chi connectivity index (χ3n) is 1.93. The maximum absolute atomic E-state index is 10.3. The number of aliphatic carboxylic acids is 1. The van der Waals surface area contributed by atoms with Crippen molar-refractivity contribution >= 4 is 17.7 Å². The van der Waals surface area contributed by atoms with E-state index < -0.39 is 5.97 Å². The first-order valence-electron chi connectivity index (χ1n) is 4.76. The molecular weight excluding hydrogens is 214 g/mol. The van der Waals surface area contributed by atoms with Crippen LogP contribution >= 0.6 is 11.8 Å². The number of nitrogens with zero attached hydrogens (tertiary/aromatic N) is 3. The van der Waals surface area contributed by atoms with Gasteiger partial charge in [0.25, 0.3) is 0 Å². The molecule has 1 aromatic heterocycles. The number of hydrogen-bond donors (Lipinski definition) is 1. The Bertz CT molecular complexity index is 349. The second-order valence-corrected chi connectivity index (χ2v) is 4.61. The molecule has 5 nitrogen and oxygen atoms in total. The molecule has 0 saturated carbocycles. The quantitative estimate of drug-likeness (QED) is 0.775. The fourth-order valence-corrected chi connectivity index (χ4v) is 2.03. The number of carboxylic acids is 1. The summed E-state index contributed by atoms with van der Waals surface area (Å²) in [5.74, 6) is 0.997. The molecule has 0 radical (unpaired) electrons. The summed E-state index contributed by atoms with van der Waals surface area (Å²) < 4.78 is 1.91. The molecule has 0 unspecified atom stereocenters. The van der Waals surface area contributed by atoms with Crippen LogP contribution in [0.1, 0.15) is 32.0 Å². The van der Waals surface area contributed by atoms with Gasteiger partial charge < -0.3 is 9.67 Å². The van der Waals surface area contributed by atoms with Crippen LogP contribution in [0, 0.1) is 0 Å². The van der Waals surface area contributed by atoms with Gasteiger partial charge in [0.15, 0.2) is 5.16 Å². The van der Waals surface area contributed by atoms with Crippen LogP contribution in [0.5, 0.6) is 0 Å². The van der Waals surface area contributed by atoms with Crippen LogP contribution in [0.2, 0.25) is 0 Å². The van der Waals surface area contributed by atoms with Gasteiger partial charge >= 0.3 is 5.97 Å². The van der Waals surface area contributed by atoms with Gasteiger partial charge in [0.05, 0.1) is 6.42 Å². The Balaban J connectivity index is 2.59. The predicted molar refractivity (Wildman–Crippen MR) is 58.1 cm³/mol. The van der Waals surface area contributed by atoms with Crippen molar-refractivity contribution in [1.29, 1.82) is 0 Å². The Hall–Kier alpha value is -1.04. The van der Waals surface area contributed by atoms with Crippen molar-refractivity contribution in [3.05, 3.63) is 5.82 Å². The Labute approximate surface area is 92.9 Å². The van der Waals surface area contributed by atoms with Crippen molar-refractivity contribution < 1.29 is 9.90 Å². The molecule has 15 heavy (non-hydrogen) atoms. The fourth-order valence-electron chi connectivity index (χ4n) is 1.18. The van der Waals surface area contributed by atoms with E-state index in [1.54, 1.807) is 0 Å². The molecule has 1 aromatic rings. The van der Waals surface area contributed by atoms with Crippen LogP contribution in [0.4, 0.5) is 0 Å². The number of hydrogen-bond acceptors (Lipinski definition) is 4.